The second-order valence-electron chi connectivity index (χ2n) is 18.8. The van der Waals surface area contributed by atoms with Crippen LogP contribution in [0.1, 0.15) is 114 Å². The number of benzene rings is 1. The minimum Gasteiger partial charge on any atom is -0.444 e. The number of aromatic nitrogens is 1. The number of carbonyl (C=O) groups excluding carboxylic acids is 3. The lowest BCUT2D eigenvalue weighted by Crippen LogP contribution is -2.42. The van der Waals surface area contributed by atoms with Crippen LogP contribution in [-0.2, 0) is 26.9 Å². The van der Waals surface area contributed by atoms with Crippen LogP contribution in [0.4, 0.5) is 18.9 Å². The minimum atomic E-state index is -4.67. The van der Waals surface area contributed by atoms with Crippen molar-refractivity contribution in [1.29, 1.82) is 5.41 Å². The van der Waals surface area contributed by atoms with E-state index in [1.165, 1.54) is 11.6 Å². The number of allylic oxidation sites excluding steroid dienone is 4. The zero-order valence-corrected chi connectivity index (χ0v) is 38.4. The molecule has 0 radical (unpaired) electrons. The lowest BCUT2D eigenvalue weighted by Gasteiger charge is -2.41. The van der Waals surface area contributed by atoms with E-state index in [2.05, 4.69) is 38.0 Å². The number of piperidine rings is 1. The van der Waals surface area contributed by atoms with Crippen LogP contribution >= 0.6 is 11.6 Å². The summed E-state index contributed by atoms with van der Waals surface area (Å²) < 4.78 is 45.3. The summed E-state index contributed by atoms with van der Waals surface area (Å²) >= 11 is 6.59. The van der Waals surface area contributed by atoms with Crippen LogP contribution in [0, 0.1) is 28.1 Å². The summed E-state index contributed by atoms with van der Waals surface area (Å²) in [5.41, 5.74) is 2.08. The van der Waals surface area contributed by atoms with E-state index in [4.69, 9.17) is 21.7 Å². The van der Waals surface area contributed by atoms with E-state index in [0.29, 0.717) is 34.3 Å². The molecule has 0 spiro atoms. The quantitative estimate of drug-likeness (QED) is 0.0503. The monoisotopic (exact) mass is 895 g/mol. The van der Waals surface area contributed by atoms with E-state index in [9.17, 15) is 27.6 Å². The molecule has 4 N–H and O–H groups in total. The number of hydrogen-bond acceptors (Lipinski definition) is 9. The van der Waals surface area contributed by atoms with Gasteiger partial charge in [-0.05, 0) is 156 Å². The van der Waals surface area contributed by atoms with E-state index in [1.807, 2.05) is 58.8 Å². The number of rotatable bonds is 18. The highest BCUT2D eigenvalue weighted by atomic mass is 35.5. The van der Waals surface area contributed by atoms with Crippen molar-refractivity contribution in [2.24, 2.45) is 22.7 Å². The number of nitrogens with zero attached hydrogens (tertiary/aromatic N) is 3. The van der Waals surface area contributed by atoms with Gasteiger partial charge in [-0.15, -0.1) is 0 Å². The molecule has 0 bridgehead atoms. The number of alkyl halides is 3. The predicted octanol–water partition coefficient (Wildman–Crippen LogP) is 9.24. The van der Waals surface area contributed by atoms with Crippen molar-refractivity contribution in [2.75, 3.05) is 44.9 Å². The highest BCUT2D eigenvalue weighted by molar-refractivity contribution is 6.33. The first-order valence-corrected chi connectivity index (χ1v) is 22.6. The molecule has 1 aromatic carbocycles. The van der Waals surface area contributed by atoms with Crippen molar-refractivity contribution in [3.63, 3.8) is 0 Å². The van der Waals surface area contributed by atoms with Crippen LogP contribution in [0.15, 0.2) is 71.6 Å². The number of halogens is 4. The van der Waals surface area contributed by atoms with E-state index in [-0.39, 0.29) is 41.5 Å². The summed E-state index contributed by atoms with van der Waals surface area (Å²) in [6, 6.07) is 9.53. The molecule has 2 aliphatic carbocycles. The Morgan fingerprint density at radius 2 is 1.78 bits per heavy atom. The lowest BCUT2D eigenvalue weighted by atomic mass is 9.65. The fourth-order valence-electron chi connectivity index (χ4n) is 8.60. The third-order valence-corrected chi connectivity index (χ3v) is 13.0. The normalized spacial score (nSPS) is 20.8. The number of ether oxygens (including phenoxy) is 1. The van der Waals surface area contributed by atoms with Crippen LogP contribution in [0.25, 0.3) is 0 Å². The van der Waals surface area contributed by atoms with Crippen molar-refractivity contribution in [1.82, 2.24) is 25.8 Å². The van der Waals surface area contributed by atoms with E-state index in [1.54, 1.807) is 12.2 Å². The molecule has 1 saturated heterocycles. The van der Waals surface area contributed by atoms with Crippen LogP contribution in [0.5, 0.6) is 0 Å². The number of aryl methyl sites for hydroxylation is 1. The van der Waals surface area contributed by atoms with E-state index < -0.39 is 23.2 Å². The third kappa shape index (κ3) is 14.2. The first-order chi connectivity index (χ1) is 29.8. The largest absolute Gasteiger partial charge is 0.444 e. The van der Waals surface area contributed by atoms with Gasteiger partial charge in [-0.25, -0.2) is 4.98 Å². The molecule has 2 aromatic rings. The molecule has 1 aliphatic heterocycles. The Labute approximate surface area is 375 Å². The van der Waals surface area contributed by atoms with Gasteiger partial charge < -0.3 is 35.9 Å². The Kier molecular flexibility index (Phi) is 17.1. The number of nitrogens with one attached hydrogen (secondary N) is 4. The topological polar surface area (TPSA) is 140 Å². The average molecular weight is 897 g/mol. The highest BCUT2D eigenvalue weighted by Crippen LogP contribution is 2.46. The van der Waals surface area contributed by atoms with Crippen molar-refractivity contribution in [2.45, 2.75) is 111 Å². The van der Waals surface area contributed by atoms with Crippen molar-refractivity contribution < 1.29 is 32.3 Å². The molecule has 0 unspecified atom stereocenters. The zero-order chi connectivity index (χ0) is 46.0. The molecule has 11 nitrogen and oxygen atoms in total. The second kappa shape index (κ2) is 21.8. The maximum Gasteiger partial charge on any atom is 0.433 e. The zero-order valence-electron chi connectivity index (χ0n) is 37.6. The van der Waals surface area contributed by atoms with Crippen molar-refractivity contribution in [3.05, 3.63) is 93.6 Å². The van der Waals surface area contributed by atoms with Crippen LogP contribution in [0.2, 0.25) is 5.02 Å². The Morgan fingerprint density at radius 3 is 2.43 bits per heavy atom. The molecule has 2 heterocycles. The maximum atomic E-state index is 13.3. The lowest BCUT2D eigenvalue weighted by molar-refractivity contribution is -0.152. The van der Waals surface area contributed by atoms with Crippen molar-refractivity contribution in [3.8, 4) is 0 Å². The molecule has 2 amide bonds. The number of esters is 1. The van der Waals surface area contributed by atoms with Gasteiger partial charge in [0.15, 0.2) is 6.73 Å². The number of pyridine rings is 1. The molecule has 2 fully saturated rings. The Balaban J connectivity index is 1.10. The van der Waals surface area contributed by atoms with Gasteiger partial charge in [0.25, 0.3) is 5.91 Å². The maximum absolute atomic E-state index is 13.3. The van der Waals surface area contributed by atoms with Crippen LogP contribution < -0.4 is 20.9 Å². The number of likely N-dealkylation sites (tertiary alicyclic amines) is 1. The number of carbonyl (C=O) groups is 3. The Bertz CT molecular complexity index is 2030. The molecule has 63 heavy (non-hydrogen) atoms. The molecular weight excluding hydrogens is 831 g/mol. The molecule has 0 atom stereocenters. The summed E-state index contributed by atoms with van der Waals surface area (Å²) in [5, 5.41) is 18.4. The van der Waals surface area contributed by atoms with Gasteiger partial charge in [0.2, 0.25) is 6.41 Å². The van der Waals surface area contributed by atoms with Gasteiger partial charge in [0.1, 0.15) is 11.4 Å². The van der Waals surface area contributed by atoms with Crippen LogP contribution in [-0.4, -0.2) is 79.9 Å². The van der Waals surface area contributed by atoms with Crippen molar-refractivity contribution >= 4 is 41.3 Å². The summed E-state index contributed by atoms with van der Waals surface area (Å²) in [7, 11) is 1.87. The SMILES string of the molecule is CC(C)C1=CC(=N)/C(=C\NC2CCN(CCC3CCC(CCNC=O)(CCc4ccc(Cl)c(N(C)COC(=O)C(C)(C)C)c4)CC3)CC2)C=C1NC(=O)c1cccc(C(F)(F)F)n1. The first-order valence-electron chi connectivity index (χ1n) is 22.2. The average Bonchev–Trinajstić information content (AvgIpc) is 3.24. The Hall–Kier alpha value is -4.69. The fourth-order valence-corrected chi connectivity index (χ4v) is 8.86. The summed E-state index contributed by atoms with van der Waals surface area (Å²) in [6.07, 6.45) is 11.7. The number of hydrogen-bond donors (Lipinski definition) is 4. The van der Waals surface area contributed by atoms with Gasteiger partial charge in [0, 0.05) is 50.2 Å². The summed E-state index contributed by atoms with van der Waals surface area (Å²) in [5.74, 6) is -0.417. The molecule has 1 saturated carbocycles. The molecular formula is C48H65ClF3N7O4. The molecule has 15 heteroatoms. The van der Waals surface area contributed by atoms with E-state index in [0.717, 1.165) is 108 Å². The minimum absolute atomic E-state index is 0.0466. The second-order valence-corrected chi connectivity index (χ2v) is 19.2. The van der Waals surface area contributed by atoms with Gasteiger partial charge >= 0.3 is 12.1 Å². The molecule has 3 aliphatic rings. The Morgan fingerprint density at radius 1 is 1.06 bits per heavy atom. The molecule has 1 aromatic heterocycles. The summed E-state index contributed by atoms with van der Waals surface area (Å²) in [6.45, 7) is 13.1. The standard InChI is InChI=1S/C48H65ClF3N7O4/c1-32(2)37-28-39(53)35(27-41(37)57-44(61)40-8-7-9-43(56-40)48(50,51)52)29-55-36-16-24-59(25-17-36)23-15-33-12-18-47(19-13-33,21-22-54-30-60)20-14-34-10-11-38(49)42(26-34)58(6)31-63-45(62)46(3,4)5/h7-11,26-30,32-33,36,53,55H,12-25,31H2,1-6H3,(H,54,60)(H,57,61)/b35-29-,53-39?. The van der Waals surface area contributed by atoms with Crippen LogP contribution in [0.3, 0.4) is 0 Å². The molecule has 344 valence electrons. The van der Waals surface area contributed by atoms with Gasteiger partial charge in [-0.3, -0.25) is 14.4 Å². The highest BCUT2D eigenvalue weighted by Gasteiger charge is 2.36. The first kappa shape index (κ1) is 49.3. The van der Waals surface area contributed by atoms with Gasteiger partial charge in [-0.1, -0.05) is 37.6 Å². The third-order valence-electron chi connectivity index (χ3n) is 12.7. The van der Waals surface area contributed by atoms with Gasteiger partial charge in [0.05, 0.1) is 21.8 Å². The smallest absolute Gasteiger partial charge is 0.433 e. The fraction of sp³-hybridized carbons (Fsp3) is 0.562. The van der Waals surface area contributed by atoms with E-state index >= 15 is 0 Å². The molecule has 5 rings (SSSR count). The predicted molar refractivity (Wildman–Crippen MR) is 242 cm³/mol. The number of anilines is 1. The van der Waals surface area contributed by atoms with Gasteiger partial charge in [-0.2, -0.15) is 13.2 Å². The summed E-state index contributed by atoms with van der Waals surface area (Å²) in [4.78, 5) is 44.5. The number of amides is 2.